The molecule has 0 bridgehead atoms. The van der Waals surface area contributed by atoms with E-state index in [2.05, 4.69) is 5.32 Å². The summed E-state index contributed by atoms with van der Waals surface area (Å²) in [5, 5.41) is 2.88. The molecule has 1 heterocycles. The van der Waals surface area contributed by atoms with E-state index in [4.69, 9.17) is 0 Å². The Hall–Kier alpha value is -1.07. The van der Waals surface area contributed by atoms with Crippen molar-refractivity contribution in [1.29, 1.82) is 0 Å². The Morgan fingerprint density at radius 2 is 2.11 bits per heavy atom. The van der Waals surface area contributed by atoms with Crippen LogP contribution in [0.2, 0.25) is 0 Å². The molecule has 4 nitrogen and oxygen atoms in total. The molecule has 1 aliphatic rings. The van der Waals surface area contributed by atoms with Gasteiger partial charge in [0.05, 0.1) is 10.9 Å². The molecule has 0 aliphatic carbocycles. The zero-order valence-corrected chi connectivity index (χ0v) is 12.4. The summed E-state index contributed by atoms with van der Waals surface area (Å²) in [5.74, 6) is 0. The first kappa shape index (κ1) is 14.3. The number of anilines is 1. The highest BCUT2D eigenvalue weighted by atomic mass is 32.2. The fourth-order valence-corrected chi connectivity index (χ4v) is 4.58. The highest BCUT2D eigenvalue weighted by Gasteiger charge is 2.32. The molecule has 1 aliphatic heterocycles. The lowest BCUT2D eigenvalue weighted by Gasteiger charge is -2.31. The highest BCUT2D eigenvalue weighted by Crippen LogP contribution is 2.26. The fourth-order valence-electron chi connectivity index (χ4n) is 2.58. The third-order valence-electron chi connectivity index (χ3n) is 3.65. The minimum Gasteiger partial charge on any atom is -0.315 e. The minimum absolute atomic E-state index is 0.305. The van der Waals surface area contributed by atoms with Gasteiger partial charge in [0.15, 0.2) is 0 Å². The highest BCUT2D eigenvalue weighted by molar-refractivity contribution is 7.93. The van der Waals surface area contributed by atoms with Crippen LogP contribution in [-0.4, -0.2) is 33.3 Å². The molecular formula is C14H22N2O2S. The largest absolute Gasteiger partial charge is 0.315 e. The Morgan fingerprint density at radius 1 is 1.37 bits per heavy atom. The van der Waals surface area contributed by atoms with Crippen molar-refractivity contribution in [2.45, 2.75) is 31.9 Å². The van der Waals surface area contributed by atoms with E-state index in [0.29, 0.717) is 13.1 Å². The molecule has 1 N–H and O–H groups in total. The first-order valence-corrected chi connectivity index (χ1v) is 8.35. The number of benzene rings is 1. The summed E-state index contributed by atoms with van der Waals surface area (Å²) in [7, 11) is -3.28. The van der Waals surface area contributed by atoms with Crippen molar-refractivity contribution < 1.29 is 8.42 Å². The average Bonchev–Trinajstić information content (AvgIpc) is 2.42. The minimum atomic E-state index is -3.28. The Morgan fingerprint density at radius 3 is 2.68 bits per heavy atom. The van der Waals surface area contributed by atoms with Gasteiger partial charge < -0.3 is 5.32 Å². The normalized spacial score (nSPS) is 20.2. The zero-order valence-electron chi connectivity index (χ0n) is 11.6. The summed E-state index contributed by atoms with van der Waals surface area (Å²) >= 11 is 0. The van der Waals surface area contributed by atoms with Gasteiger partial charge in [-0.3, -0.25) is 4.31 Å². The van der Waals surface area contributed by atoms with Crippen LogP contribution < -0.4 is 9.62 Å². The number of aryl methyl sites for hydroxylation is 1. The summed E-state index contributed by atoms with van der Waals surface area (Å²) in [6.45, 7) is 5.80. The SMILES string of the molecule is CCN(c1ccccc1C)S(=O)(=O)C1CCCNC1. The second-order valence-electron chi connectivity index (χ2n) is 4.96. The van der Waals surface area contributed by atoms with Crippen LogP contribution in [0.1, 0.15) is 25.3 Å². The smallest absolute Gasteiger partial charge is 0.239 e. The predicted molar refractivity (Wildman–Crippen MR) is 79.0 cm³/mol. The third-order valence-corrected chi connectivity index (χ3v) is 5.97. The van der Waals surface area contributed by atoms with Gasteiger partial charge in [0.25, 0.3) is 0 Å². The molecule has 1 saturated heterocycles. The number of hydrogen-bond donors (Lipinski definition) is 1. The van der Waals surface area contributed by atoms with E-state index >= 15 is 0 Å². The van der Waals surface area contributed by atoms with Crippen LogP contribution in [0.15, 0.2) is 24.3 Å². The van der Waals surface area contributed by atoms with Crippen molar-refractivity contribution in [2.75, 3.05) is 23.9 Å². The standard InChI is InChI=1S/C14H22N2O2S/c1-3-16(14-9-5-4-7-12(14)2)19(17,18)13-8-6-10-15-11-13/h4-5,7,9,13,15H,3,6,8,10-11H2,1-2H3. The molecule has 5 heteroatoms. The molecule has 0 amide bonds. The van der Waals surface area contributed by atoms with Crippen LogP contribution in [-0.2, 0) is 10.0 Å². The monoisotopic (exact) mass is 282 g/mol. The number of nitrogens with zero attached hydrogens (tertiary/aromatic N) is 1. The Labute approximate surface area is 115 Å². The first-order valence-electron chi connectivity index (χ1n) is 6.85. The molecule has 1 atom stereocenters. The molecule has 1 fully saturated rings. The number of nitrogens with one attached hydrogen (secondary N) is 1. The van der Waals surface area contributed by atoms with Crippen molar-refractivity contribution in [3.05, 3.63) is 29.8 Å². The topological polar surface area (TPSA) is 49.4 Å². The van der Waals surface area contributed by atoms with Gasteiger partial charge in [-0.1, -0.05) is 18.2 Å². The maximum absolute atomic E-state index is 12.8. The molecule has 19 heavy (non-hydrogen) atoms. The van der Waals surface area contributed by atoms with Gasteiger partial charge in [0.1, 0.15) is 0 Å². The lowest BCUT2D eigenvalue weighted by molar-refractivity contribution is 0.495. The number of sulfonamides is 1. The zero-order chi connectivity index (χ0) is 13.9. The van der Waals surface area contributed by atoms with E-state index in [0.717, 1.165) is 30.6 Å². The van der Waals surface area contributed by atoms with Gasteiger partial charge in [0, 0.05) is 13.1 Å². The summed E-state index contributed by atoms with van der Waals surface area (Å²) in [5.41, 5.74) is 1.80. The summed E-state index contributed by atoms with van der Waals surface area (Å²) in [6.07, 6.45) is 1.67. The maximum atomic E-state index is 12.8. The van der Waals surface area contributed by atoms with Crippen LogP contribution in [0, 0.1) is 6.92 Å². The summed E-state index contributed by atoms with van der Waals surface area (Å²) in [6, 6.07) is 7.65. The van der Waals surface area contributed by atoms with Crippen LogP contribution >= 0.6 is 0 Å². The number of piperidine rings is 1. The van der Waals surface area contributed by atoms with E-state index in [-0.39, 0.29) is 5.25 Å². The lowest BCUT2D eigenvalue weighted by atomic mass is 10.2. The van der Waals surface area contributed by atoms with Gasteiger partial charge in [-0.25, -0.2) is 8.42 Å². The van der Waals surface area contributed by atoms with Crippen LogP contribution in [0.4, 0.5) is 5.69 Å². The number of para-hydroxylation sites is 1. The van der Waals surface area contributed by atoms with Crippen molar-refractivity contribution >= 4 is 15.7 Å². The Kier molecular flexibility index (Phi) is 4.47. The van der Waals surface area contributed by atoms with Gasteiger partial charge >= 0.3 is 0 Å². The Balaban J connectivity index is 2.33. The maximum Gasteiger partial charge on any atom is 0.239 e. The lowest BCUT2D eigenvalue weighted by Crippen LogP contribution is -2.46. The van der Waals surface area contributed by atoms with Gasteiger partial charge in [0.2, 0.25) is 10.0 Å². The molecule has 106 valence electrons. The van der Waals surface area contributed by atoms with Crippen LogP contribution in [0.5, 0.6) is 0 Å². The van der Waals surface area contributed by atoms with Crippen LogP contribution in [0.25, 0.3) is 0 Å². The molecule has 1 aromatic rings. The molecule has 0 saturated carbocycles. The number of rotatable bonds is 4. The van der Waals surface area contributed by atoms with Crippen molar-refractivity contribution in [3.8, 4) is 0 Å². The predicted octanol–water partition coefficient (Wildman–Crippen LogP) is 1.90. The van der Waals surface area contributed by atoms with Gasteiger partial charge in [-0.15, -0.1) is 0 Å². The molecular weight excluding hydrogens is 260 g/mol. The second kappa shape index (κ2) is 5.92. The number of hydrogen-bond acceptors (Lipinski definition) is 3. The average molecular weight is 282 g/mol. The van der Waals surface area contributed by atoms with Crippen molar-refractivity contribution in [1.82, 2.24) is 5.32 Å². The molecule has 1 unspecified atom stereocenters. The quantitative estimate of drug-likeness (QED) is 0.917. The summed E-state index contributed by atoms with van der Waals surface area (Å²) in [4.78, 5) is 0. The molecule has 0 radical (unpaired) electrons. The van der Waals surface area contributed by atoms with Crippen LogP contribution in [0.3, 0.4) is 0 Å². The molecule has 0 aromatic heterocycles. The van der Waals surface area contributed by atoms with E-state index in [1.165, 1.54) is 0 Å². The van der Waals surface area contributed by atoms with E-state index in [1.54, 1.807) is 4.31 Å². The third kappa shape index (κ3) is 2.92. The molecule has 0 spiro atoms. The van der Waals surface area contributed by atoms with Gasteiger partial charge in [-0.05, 0) is 44.9 Å². The van der Waals surface area contributed by atoms with E-state index in [9.17, 15) is 8.42 Å². The second-order valence-corrected chi connectivity index (χ2v) is 7.10. The molecule has 2 rings (SSSR count). The fraction of sp³-hybridized carbons (Fsp3) is 0.571. The molecule has 1 aromatic carbocycles. The van der Waals surface area contributed by atoms with Crippen molar-refractivity contribution in [2.24, 2.45) is 0 Å². The first-order chi connectivity index (χ1) is 9.07. The van der Waals surface area contributed by atoms with E-state index in [1.807, 2.05) is 38.1 Å². The Bertz CT molecular complexity index is 522. The van der Waals surface area contributed by atoms with E-state index < -0.39 is 10.0 Å². The van der Waals surface area contributed by atoms with Crippen molar-refractivity contribution in [3.63, 3.8) is 0 Å². The summed E-state index contributed by atoms with van der Waals surface area (Å²) < 4.78 is 27.1. The van der Waals surface area contributed by atoms with Gasteiger partial charge in [-0.2, -0.15) is 0 Å².